The molecule has 0 spiro atoms. The van der Waals surface area contributed by atoms with Gasteiger partial charge in [0.15, 0.2) is 0 Å². The van der Waals surface area contributed by atoms with Crippen LogP contribution in [0.1, 0.15) is 62.0 Å². The third-order valence-corrected chi connectivity index (χ3v) is 6.76. The van der Waals surface area contributed by atoms with E-state index in [9.17, 15) is 13.2 Å². The fraction of sp³-hybridized carbons (Fsp3) is 0.333. The van der Waals surface area contributed by atoms with E-state index in [-0.39, 0.29) is 11.1 Å². The molecule has 3 atom stereocenters. The van der Waals surface area contributed by atoms with Crippen LogP contribution in [0.3, 0.4) is 0 Å². The lowest BCUT2D eigenvalue weighted by Gasteiger charge is -2.44. The van der Waals surface area contributed by atoms with Gasteiger partial charge in [0.1, 0.15) is 6.10 Å². The molecule has 168 valence electrons. The first-order chi connectivity index (χ1) is 15.1. The molecule has 1 unspecified atom stereocenters. The number of alkyl halides is 3. The van der Waals surface area contributed by atoms with Gasteiger partial charge in [-0.2, -0.15) is 18.2 Å². The first-order valence-electron chi connectivity index (χ1n) is 10.9. The van der Waals surface area contributed by atoms with Crippen molar-refractivity contribution in [3.05, 3.63) is 107 Å². The molecule has 0 saturated carbocycles. The van der Waals surface area contributed by atoms with Gasteiger partial charge in [0, 0.05) is 0 Å². The SMILES string of the molecule is CC(ON1[C@](C)(c2ccccc2)CC[C@@]1(C)c1ccccc1)c1ccc(C(F)(F)F)cc1. The predicted molar refractivity (Wildman–Crippen MR) is 120 cm³/mol. The summed E-state index contributed by atoms with van der Waals surface area (Å²) in [6.07, 6.45) is -2.99. The number of nitrogens with zero attached hydrogens (tertiary/aromatic N) is 1. The largest absolute Gasteiger partial charge is 0.416 e. The van der Waals surface area contributed by atoms with Gasteiger partial charge >= 0.3 is 6.18 Å². The van der Waals surface area contributed by atoms with Crippen molar-refractivity contribution < 1.29 is 18.0 Å². The van der Waals surface area contributed by atoms with Gasteiger partial charge in [0.2, 0.25) is 0 Å². The summed E-state index contributed by atoms with van der Waals surface area (Å²) in [6, 6.07) is 25.8. The van der Waals surface area contributed by atoms with Crippen LogP contribution in [-0.2, 0) is 22.1 Å². The van der Waals surface area contributed by atoms with Crippen molar-refractivity contribution in [3.8, 4) is 0 Å². The van der Waals surface area contributed by atoms with Crippen LogP contribution in [0.2, 0.25) is 0 Å². The molecule has 3 aromatic carbocycles. The van der Waals surface area contributed by atoms with Crippen molar-refractivity contribution in [2.24, 2.45) is 0 Å². The van der Waals surface area contributed by atoms with Crippen LogP contribution in [0.5, 0.6) is 0 Å². The zero-order chi connectivity index (χ0) is 23.0. The Morgan fingerprint density at radius 1 is 0.750 bits per heavy atom. The third-order valence-electron chi connectivity index (χ3n) is 6.76. The lowest BCUT2D eigenvalue weighted by Crippen LogP contribution is -2.48. The van der Waals surface area contributed by atoms with Crippen molar-refractivity contribution in [2.45, 2.75) is 57.0 Å². The molecule has 4 rings (SSSR count). The molecule has 0 amide bonds. The fourth-order valence-electron chi connectivity index (χ4n) is 4.75. The molecule has 1 aliphatic heterocycles. The van der Waals surface area contributed by atoms with Crippen molar-refractivity contribution in [2.75, 3.05) is 0 Å². The monoisotopic (exact) mass is 439 g/mol. The zero-order valence-electron chi connectivity index (χ0n) is 18.6. The lowest BCUT2D eigenvalue weighted by molar-refractivity contribution is -0.282. The maximum Gasteiger partial charge on any atom is 0.416 e. The Kier molecular flexibility index (Phi) is 5.91. The molecule has 3 aromatic rings. The second-order valence-corrected chi connectivity index (χ2v) is 8.94. The Labute approximate surface area is 187 Å². The summed E-state index contributed by atoms with van der Waals surface area (Å²) in [5.74, 6) is 0. The van der Waals surface area contributed by atoms with Crippen LogP contribution in [0.4, 0.5) is 13.2 Å². The van der Waals surface area contributed by atoms with Crippen molar-refractivity contribution >= 4 is 0 Å². The van der Waals surface area contributed by atoms with Gasteiger partial charge in [0.25, 0.3) is 0 Å². The summed E-state index contributed by atoms with van der Waals surface area (Å²) in [4.78, 5) is 6.62. The third kappa shape index (κ3) is 4.07. The summed E-state index contributed by atoms with van der Waals surface area (Å²) < 4.78 is 39.0. The van der Waals surface area contributed by atoms with E-state index in [1.165, 1.54) is 12.1 Å². The quantitative estimate of drug-likeness (QED) is 0.405. The molecule has 0 bridgehead atoms. The van der Waals surface area contributed by atoms with Crippen LogP contribution in [0, 0.1) is 0 Å². The second kappa shape index (κ2) is 8.38. The average molecular weight is 440 g/mol. The fourth-order valence-corrected chi connectivity index (χ4v) is 4.75. The first kappa shape index (κ1) is 22.6. The minimum atomic E-state index is -4.35. The zero-order valence-corrected chi connectivity index (χ0v) is 18.6. The average Bonchev–Trinajstić information content (AvgIpc) is 3.07. The maximum atomic E-state index is 13.0. The molecule has 1 fully saturated rings. The molecule has 0 radical (unpaired) electrons. The van der Waals surface area contributed by atoms with Gasteiger partial charge < -0.3 is 0 Å². The Hall–Kier alpha value is -2.63. The van der Waals surface area contributed by atoms with Crippen LogP contribution in [-0.4, -0.2) is 5.06 Å². The Bertz CT molecular complexity index is 983. The summed E-state index contributed by atoms with van der Waals surface area (Å²) in [7, 11) is 0. The summed E-state index contributed by atoms with van der Waals surface area (Å²) in [6.45, 7) is 6.24. The molecular weight excluding hydrogens is 411 g/mol. The highest BCUT2D eigenvalue weighted by Gasteiger charge is 2.53. The number of halogens is 3. The van der Waals surface area contributed by atoms with Gasteiger partial charge in [-0.1, -0.05) is 72.8 Å². The normalized spacial score (nSPS) is 25.1. The van der Waals surface area contributed by atoms with Gasteiger partial charge in [-0.15, -0.1) is 0 Å². The van der Waals surface area contributed by atoms with Crippen LogP contribution >= 0.6 is 0 Å². The minimum absolute atomic E-state index is 0.383. The van der Waals surface area contributed by atoms with Gasteiger partial charge in [-0.25, -0.2) is 0 Å². The number of hydrogen-bond acceptors (Lipinski definition) is 2. The molecule has 32 heavy (non-hydrogen) atoms. The minimum Gasteiger partial charge on any atom is -0.289 e. The molecule has 5 heteroatoms. The molecule has 1 aliphatic rings. The summed E-state index contributed by atoms with van der Waals surface area (Å²) in [5.41, 5.74) is 1.59. The van der Waals surface area contributed by atoms with E-state index in [0.717, 1.165) is 36.1 Å². The highest BCUT2D eigenvalue weighted by molar-refractivity contribution is 5.32. The first-order valence-corrected chi connectivity index (χ1v) is 10.9. The molecule has 1 heterocycles. The van der Waals surface area contributed by atoms with E-state index >= 15 is 0 Å². The van der Waals surface area contributed by atoms with E-state index in [1.54, 1.807) is 0 Å². The van der Waals surface area contributed by atoms with Crippen LogP contribution in [0.25, 0.3) is 0 Å². The highest BCUT2D eigenvalue weighted by Crippen LogP contribution is 2.53. The van der Waals surface area contributed by atoms with E-state index in [4.69, 9.17) is 4.84 Å². The Balaban J connectivity index is 1.70. The van der Waals surface area contributed by atoms with Crippen molar-refractivity contribution in [3.63, 3.8) is 0 Å². The highest BCUT2D eigenvalue weighted by atomic mass is 19.4. The number of benzene rings is 3. The maximum absolute atomic E-state index is 13.0. The topological polar surface area (TPSA) is 12.5 Å². The van der Waals surface area contributed by atoms with Gasteiger partial charge in [-0.05, 0) is 62.4 Å². The molecule has 0 aromatic heterocycles. The lowest BCUT2D eigenvalue weighted by atomic mass is 9.89. The van der Waals surface area contributed by atoms with E-state index in [2.05, 4.69) is 43.2 Å². The second-order valence-electron chi connectivity index (χ2n) is 8.94. The number of hydroxylamine groups is 2. The number of hydrogen-bond donors (Lipinski definition) is 0. The molecule has 1 saturated heterocycles. The van der Waals surface area contributed by atoms with E-state index in [0.29, 0.717) is 5.56 Å². The molecule has 0 N–H and O–H groups in total. The van der Waals surface area contributed by atoms with E-state index < -0.39 is 17.8 Å². The van der Waals surface area contributed by atoms with Gasteiger partial charge in [-0.3, -0.25) is 4.84 Å². The van der Waals surface area contributed by atoms with E-state index in [1.807, 2.05) is 43.3 Å². The number of rotatable bonds is 5. The van der Waals surface area contributed by atoms with Crippen molar-refractivity contribution in [1.29, 1.82) is 0 Å². The Morgan fingerprint density at radius 3 is 1.59 bits per heavy atom. The van der Waals surface area contributed by atoms with Gasteiger partial charge in [0.05, 0.1) is 16.6 Å². The van der Waals surface area contributed by atoms with Crippen LogP contribution in [0.15, 0.2) is 84.9 Å². The summed E-state index contributed by atoms with van der Waals surface area (Å²) >= 11 is 0. The molecule has 0 aliphatic carbocycles. The van der Waals surface area contributed by atoms with Crippen LogP contribution < -0.4 is 0 Å². The smallest absolute Gasteiger partial charge is 0.289 e. The van der Waals surface area contributed by atoms with Crippen molar-refractivity contribution in [1.82, 2.24) is 5.06 Å². The molecular formula is C27H28F3NO. The Morgan fingerprint density at radius 2 is 1.19 bits per heavy atom. The predicted octanol–water partition coefficient (Wildman–Crippen LogP) is 7.62. The standard InChI is InChI=1S/C27H28F3NO/c1-20(21-14-16-24(17-15-21)27(28,29)30)32-31-25(2,22-10-6-4-7-11-22)18-19-26(31,3)23-12-8-5-9-13-23/h4-17,20H,18-19H2,1-3H3/t20?,25-,26-/m0/s1. The molecule has 2 nitrogen and oxygen atoms in total. The summed E-state index contributed by atoms with van der Waals surface area (Å²) in [5, 5.41) is 2.08.